The number of benzene rings is 1. The van der Waals surface area contributed by atoms with Crippen molar-refractivity contribution in [2.45, 2.75) is 19.9 Å². The van der Waals surface area contributed by atoms with Gasteiger partial charge in [0, 0.05) is 24.0 Å². The third-order valence-electron chi connectivity index (χ3n) is 2.85. The van der Waals surface area contributed by atoms with Crippen molar-refractivity contribution >= 4 is 17.4 Å². The first kappa shape index (κ1) is 13.4. The molecule has 1 rings (SSSR count). The molecule has 0 aliphatic heterocycles. The van der Waals surface area contributed by atoms with Gasteiger partial charge in [-0.1, -0.05) is 19.1 Å². The molecule has 2 nitrogen and oxygen atoms in total. The van der Waals surface area contributed by atoms with Crippen LogP contribution in [-0.4, -0.2) is 30.0 Å². The van der Waals surface area contributed by atoms with Gasteiger partial charge >= 0.3 is 0 Å². The monoisotopic (exact) mass is 238 g/mol. The van der Waals surface area contributed by atoms with Crippen molar-refractivity contribution in [2.75, 3.05) is 30.8 Å². The largest absolute Gasteiger partial charge is 0.399 e. The summed E-state index contributed by atoms with van der Waals surface area (Å²) in [5.74, 6) is 2.39. The lowest BCUT2D eigenvalue weighted by molar-refractivity contribution is 0.278. The zero-order chi connectivity index (χ0) is 12.0. The predicted octanol–water partition coefficient (Wildman–Crippen LogP) is 3.01. The predicted molar refractivity (Wildman–Crippen MR) is 74.9 cm³/mol. The Morgan fingerprint density at radius 2 is 2.19 bits per heavy atom. The second-order valence-corrected chi connectivity index (χ2v) is 5.42. The van der Waals surface area contributed by atoms with Crippen LogP contribution in [0.25, 0.3) is 0 Å². The van der Waals surface area contributed by atoms with Crippen molar-refractivity contribution in [3.05, 3.63) is 29.8 Å². The van der Waals surface area contributed by atoms with Gasteiger partial charge in [-0.25, -0.2) is 0 Å². The highest BCUT2D eigenvalue weighted by atomic mass is 32.2. The summed E-state index contributed by atoms with van der Waals surface area (Å²) in [6.07, 6.45) is 0. The summed E-state index contributed by atoms with van der Waals surface area (Å²) < 4.78 is 0. The van der Waals surface area contributed by atoms with Crippen LogP contribution < -0.4 is 5.73 Å². The maximum Gasteiger partial charge on any atom is 0.0317 e. The molecule has 0 bridgehead atoms. The number of hydrogen-bond donors (Lipinski definition) is 1. The molecular formula is C13H22N2S. The van der Waals surface area contributed by atoms with E-state index in [1.54, 1.807) is 0 Å². The Kier molecular flexibility index (Phi) is 5.71. The fraction of sp³-hybridized carbons (Fsp3) is 0.538. The molecule has 0 saturated carbocycles. The zero-order valence-electron chi connectivity index (χ0n) is 10.4. The summed E-state index contributed by atoms with van der Waals surface area (Å²) >= 11 is 1.99. The number of thioether (sulfide) groups is 1. The highest BCUT2D eigenvalue weighted by molar-refractivity contribution is 7.99. The van der Waals surface area contributed by atoms with Crippen molar-refractivity contribution in [1.82, 2.24) is 4.90 Å². The first-order chi connectivity index (χ1) is 7.65. The highest BCUT2D eigenvalue weighted by Crippen LogP contribution is 2.20. The normalized spacial score (nSPS) is 13.0. The van der Waals surface area contributed by atoms with Crippen LogP contribution in [-0.2, 0) is 0 Å². The van der Waals surface area contributed by atoms with Gasteiger partial charge in [-0.3, -0.25) is 4.90 Å². The first-order valence-corrected chi connectivity index (χ1v) is 6.94. The molecule has 0 spiro atoms. The first-order valence-electron chi connectivity index (χ1n) is 5.78. The quantitative estimate of drug-likeness (QED) is 0.610. The SMILES string of the molecule is CCSCCN(C)C(C)c1cccc(N)c1. The van der Waals surface area contributed by atoms with Crippen LogP contribution in [0.2, 0.25) is 0 Å². The molecule has 0 radical (unpaired) electrons. The molecule has 3 heteroatoms. The molecule has 0 aliphatic rings. The van der Waals surface area contributed by atoms with Gasteiger partial charge in [-0.2, -0.15) is 11.8 Å². The standard InChI is InChI=1S/C13H22N2S/c1-4-16-9-8-15(3)11(2)12-6-5-7-13(14)10-12/h5-7,10-11H,4,8-9,14H2,1-3H3. The number of nitrogens with two attached hydrogens (primary N) is 1. The van der Waals surface area contributed by atoms with Crippen LogP contribution in [0.4, 0.5) is 5.69 Å². The number of hydrogen-bond acceptors (Lipinski definition) is 3. The Morgan fingerprint density at radius 3 is 2.81 bits per heavy atom. The Labute approximate surface area is 103 Å². The van der Waals surface area contributed by atoms with Crippen molar-refractivity contribution in [2.24, 2.45) is 0 Å². The minimum Gasteiger partial charge on any atom is -0.399 e. The van der Waals surface area contributed by atoms with E-state index in [-0.39, 0.29) is 0 Å². The Balaban J connectivity index is 2.52. The number of rotatable bonds is 6. The molecule has 90 valence electrons. The van der Waals surface area contributed by atoms with Gasteiger partial charge in [-0.05, 0) is 37.4 Å². The molecule has 2 N–H and O–H groups in total. The van der Waals surface area contributed by atoms with Gasteiger partial charge in [0.15, 0.2) is 0 Å². The van der Waals surface area contributed by atoms with Crippen molar-refractivity contribution < 1.29 is 0 Å². The van der Waals surface area contributed by atoms with E-state index in [4.69, 9.17) is 5.73 Å². The van der Waals surface area contributed by atoms with Crippen LogP contribution >= 0.6 is 11.8 Å². The van der Waals surface area contributed by atoms with Crippen LogP contribution in [0.5, 0.6) is 0 Å². The van der Waals surface area contributed by atoms with Crippen LogP contribution in [0.3, 0.4) is 0 Å². The van der Waals surface area contributed by atoms with E-state index in [1.165, 1.54) is 17.1 Å². The molecule has 0 amide bonds. The summed E-state index contributed by atoms with van der Waals surface area (Å²) in [4.78, 5) is 2.37. The third-order valence-corrected chi connectivity index (χ3v) is 3.73. The summed E-state index contributed by atoms with van der Waals surface area (Å²) in [5.41, 5.74) is 7.94. The molecule has 0 aromatic heterocycles. The highest BCUT2D eigenvalue weighted by Gasteiger charge is 2.10. The minimum atomic E-state index is 0.431. The van der Waals surface area contributed by atoms with E-state index in [2.05, 4.69) is 37.9 Å². The maximum atomic E-state index is 5.80. The molecule has 1 atom stereocenters. The maximum absolute atomic E-state index is 5.80. The summed E-state index contributed by atoms with van der Waals surface area (Å²) in [5, 5.41) is 0. The molecule has 0 saturated heterocycles. The number of nitrogen functional groups attached to an aromatic ring is 1. The van der Waals surface area contributed by atoms with Crippen molar-refractivity contribution in [3.63, 3.8) is 0 Å². The second kappa shape index (κ2) is 6.81. The third kappa shape index (κ3) is 4.06. The van der Waals surface area contributed by atoms with E-state index in [0.29, 0.717) is 6.04 Å². The van der Waals surface area contributed by atoms with E-state index >= 15 is 0 Å². The fourth-order valence-electron chi connectivity index (χ4n) is 1.62. The molecule has 0 heterocycles. The van der Waals surface area contributed by atoms with E-state index in [0.717, 1.165) is 12.2 Å². The van der Waals surface area contributed by atoms with Crippen LogP contribution in [0, 0.1) is 0 Å². The Bertz CT molecular complexity index is 315. The van der Waals surface area contributed by atoms with Gasteiger partial charge in [0.05, 0.1) is 0 Å². The lowest BCUT2D eigenvalue weighted by atomic mass is 10.1. The van der Waals surface area contributed by atoms with Crippen LogP contribution in [0.15, 0.2) is 24.3 Å². The smallest absolute Gasteiger partial charge is 0.0317 e. The van der Waals surface area contributed by atoms with Gasteiger partial charge in [0.2, 0.25) is 0 Å². The average Bonchev–Trinajstić information content (AvgIpc) is 2.28. The molecular weight excluding hydrogens is 216 g/mol. The lowest BCUT2D eigenvalue weighted by Gasteiger charge is -2.25. The molecule has 0 aliphatic carbocycles. The Hall–Kier alpha value is -0.670. The van der Waals surface area contributed by atoms with Crippen molar-refractivity contribution in [3.8, 4) is 0 Å². The van der Waals surface area contributed by atoms with E-state index in [1.807, 2.05) is 23.9 Å². The molecule has 1 unspecified atom stereocenters. The molecule has 16 heavy (non-hydrogen) atoms. The van der Waals surface area contributed by atoms with Crippen molar-refractivity contribution in [1.29, 1.82) is 0 Å². The summed E-state index contributed by atoms with van der Waals surface area (Å²) in [6.45, 7) is 5.55. The molecule has 1 aromatic rings. The van der Waals surface area contributed by atoms with Gasteiger partial charge < -0.3 is 5.73 Å². The fourth-order valence-corrected chi connectivity index (χ4v) is 2.33. The van der Waals surface area contributed by atoms with Gasteiger partial charge in [0.1, 0.15) is 0 Å². The second-order valence-electron chi connectivity index (χ2n) is 4.02. The van der Waals surface area contributed by atoms with E-state index < -0.39 is 0 Å². The lowest BCUT2D eigenvalue weighted by Crippen LogP contribution is -2.25. The summed E-state index contributed by atoms with van der Waals surface area (Å²) in [6, 6.07) is 8.60. The number of nitrogens with zero attached hydrogens (tertiary/aromatic N) is 1. The zero-order valence-corrected chi connectivity index (χ0v) is 11.3. The van der Waals surface area contributed by atoms with Gasteiger partial charge in [0.25, 0.3) is 0 Å². The van der Waals surface area contributed by atoms with Crippen LogP contribution in [0.1, 0.15) is 25.5 Å². The Morgan fingerprint density at radius 1 is 1.44 bits per heavy atom. The molecule has 1 aromatic carbocycles. The average molecular weight is 238 g/mol. The number of anilines is 1. The topological polar surface area (TPSA) is 29.3 Å². The van der Waals surface area contributed by atoms with Gasteiger partial charge in [-0.15, -0.1) is 0 Å². The molecule has 0 fully saturated rings. The summed E-state index contributed by atoms with van der Waals surface area (Å²) in [7, 11) is 2.17. The minimum absolute atomic E-state index is 0.431. The van der Waals surface area contributed by atoms with E-state index in [9.17, 15) is 0 Å².